The van der Waals surface area contributed by atoms with Crippen molar-refractivity contribution in [2.45, 2.75) is 10.8 Å². The maximum absolute atomic E-state index is 12.2. The first-order valence-electron chi connectivity index (χ1n) is 5.05. The van der Waals surface area contributed by atoms with Gasteiger partial charge in [-0.15, -0.1) is 22.9 Å². The lowest BCUT2D eigenvalue weighted by Crippen LogP contribution is -2.13. The molecule has 0 radical (unpaired) electrons. The summed E-state index contributed by atoms with van der Waals surface area (Å²) in [6.07, 6.45) is 0. The minimum Gasteiger partial charge on any atom is -0.279 e. The molecular formula is C11H8Cl3NO2S2. The molecule has 0 aliphatic rings. The molecule has 3 nitrogen and oxygen atoms in total. The van der Waals surface area contributed by atoms with Crippen molar-refractivity contribution in [3.8, 4) is 0 Å². The molecule has 2 aromatic rings. The van der Waals surface area contributed by atoms with Gasteiger partial charge in [-0.2, -0.15) is 0 Å². The molecule has 0 aliphatic carbocycles. The molecule has 0 bridgehead atoms. The van der Waals surface area contributed by atoms with Crippen LogP contribution in [0.1, 0.15) is 5.56 Å². The Morgan fingerprint density at radius 1 is 1.21 bits per heavy atom. The highest BCUT2D eigenvalue weighted by Gasteiger charge is 2.21. The largest absolute Gasteiger partial charge is 0.279 e. The van der Waals surface area contributed by atoms with E-state index in [2.05, 4.69) is 4.72 Å². The molecule has 2 rings (SSSR count). The smallest absolute Gasteiger partial charge is 0.264 e. The number of nitrogens with one attached hydrogen (secondary N) is 1. The third kappa shape index (κ3) is 3.35. The summed E-state index contributed by atoms with van der Waals surface area (Å²) in [7, 11) is -3.77. The average molecular weight is 357 g/mol. The van der Waals surface area contributed by atoms with Crippen LogP contribution in [0.2, 0.25) is 8.67 Å². The van der Waals surface area contributed by atoms with Gasteiger partial charge in [-0.05, 0) is 17.7 Å². The van der Waals surface area contributed by atoms with Crippen LogP contribution in [0.25, 0.3) is 0 Å². The minimum atomic E-state index is -3.77. The Morgan fingerprint density at radius 2 is 1.89 bits per heavy atom. The Bertz CT molecular complexity index is 698. The molecule has 102 valence electrons. The van der Waals surface area contributed by atoms with E-state index in [-0.39, 0.29) is 15.1 Å². The van der Waals surface area contributed by atoms with Gasteiger partial charge in [0.25, 0.3) is 10.0 Å². The number of benzene rings is 1. The van der Waals surface area contributed by atoms with Gasteiger partial charge >= 0.3 is 0 Å². The number of anilines is 1. The van der Waals surface area contributed by atoms with Crippen molar-refractivity contribution in [1.82, 2.24) is 0 Å². The predicted molar refractivity (Wildman–Crippen MR) is 81.1 cm³/mol. The van der Waals surface area contributed by atoms with Crippen LogP contribution in [0.15, 0.2) is 35.2 Å². The molecule has 1 N–H and O–H groups in total. The van der Waals surface area contributed by atoms with Crippen molar-refractivity contribution < 1.29 is 8.42 Å². The summed E-state index contributed by atoms with van der Waals surface area (Å²) in [6.45, 7) is 0. The Balaban J connectivity index is 2.39. The SMILES string of the molecule is O=S(=O)(Nc1ccccc1CCl)c1cc(Cl)sc1Cl. The second-order valence-electron chi connectivity index (χ2n) is 3.58. The van der Waals surface area contributed by atoms with Crippen LogP contribution in [-0.4, -0.2) is 8.42 Å². The molecule has 0 aliphatic heterocycles. The molecule has 1 aromatic heterocycles. The van der Waals surface area contributed by atoms with Gasteiger partial charge in [0.2, 0.25) is 0 Å². The first kappa shape index (κ1) is 14.9. The minimum absolute atomic E-state index is 0.0338. The van der Waals surface area contributed by atoms with Crippen LogP contribution in [0.4, 0.5) is 5.69 Å². The van der Waals surface area contributed by atoms with E-state index in [4.69, 9.17) is 34.8 Å². The second-order valence-corrected chi connectivity index (χ2v) is 7.79. The number of hydrogen-bond donors (Lipinski definition) is 1. The van der Waals surface area contributed by atoms with Crippen molar-refractivity contribution >= 4 is 61.9 Å². The fraction of sp³-hybridized carbons (Fsp3) is 0.0909. The number of halogens is 3. The van der Waals surface area contributed by atoms with Crippen LogP contribution in [0.3, 0.4) is 0 Å². The first-order valence-corrected chi connectivity index (χ1v) is 8.64. The highest BCUT2D eigenvalue weighted by molar-refractivity contribution is 7.93. The summed E-state index contributed by atoms with van der Waals surface area (Å²) >= 11 is 18.4. The van der Waals surface area contributed by atoms with Crippen molar-refractivity contribution in [3.63, 3.8) is 0 Å². The lowest BCUT2D eigenvalue weighted by Gasteiger charge is -2.10. The van der Waals surface area contributed by atoms with Crippen LogP contribution < -0.4 is 4.72 Å². The molecule has 19 heavy (non-hydrogen) atoms. The van der Waals surface area contributed by atoms with Crippen LogP contribution in [0, 0.1) is 0 Å². The normalized spacial score (nSPS) is 11.5. The fourth-order valence-corrected chi connectivity index (χ4v) is 4.93. The zero-order valence-corrected chi connectivity index (χ0v) is 13.3. The van der Waals surface area contributed by atoms with Gasteiger partial charge < -0.3 is 0 Å². The van der Waals surface area contributed by atoms with E-state index in [9.17, 15) is 8.42 Å². The van der Waals surface area contributed by atoms with Crippen LogP contribution in [-0.2, 0) is 15.9 Å². The van der Waals surface area contributed by atoms with Gasteiger partial charge in [-0.25, -0.2) is 8.42 Å². The Morgan fingerprint density at radius 3 is 2.47 bits per heavy atom. The highest BCUT2D eigenvalue weighted by Crippen LogP contribution is 2.35. The maximum atomic E-state index is 12.2. The van der Waals surface area contributed by atoms with E-state index >= 15 is 0 Å². The summed E-state index contributed by atoms with van der Waals surface area (Å²) in [5.74, 6) is 0.205. The van der Waals surface area contributed by atoms with E-state index in [1.807, 2.05) is 0 Å². The number of sulfonamides is 1. The quantitative estimate of drug-likeness (QED) is 0.814. The summed E-state index contributed by atoms with van der Waals surface area (Å²) in [5, 5.41) is 0. The zero-order valence-electron chi connectivity index (χ0n) is 9.36. The Labute approximate surface area is 130 Å². The van der Waals surface area contributed by atoms with E-state index in [1.54, 1.807) is 24.3 Å². The first-order chi connectivity index (χ1) is 8.94. The molecule has 1 heterocycles. The van der Waals surface area contributed by atoms with E-state index < -0.39 is 10.0 Å². The van der Waals surface area contributed by atoms with Gasteiger partial charge in [-0.1, -0.05) is 41.4 Å². The topological polar surface area (TPSA) is 46.2 Å². The average Bonchev–Trinajstić information content (AvgIpc) is 2.69. The standard InChI is InChI=1S/C11H8Cl3NO2S2/c12-6-7-3-1-2-4-8(7)15-19(16,17)9-5-10(13)18-11(9)14/h1-5,15H,6H2. The van der Waals surface area contributed by atoms with Crippen molar-refractivity contribution in [1.29, 1.82) is 0 Å². The molecule has 0 amide bonds. The molecule has 0 fully saturated rings. The molecule has 1 aromatic carbocycles. The number of thiophene rings is 1. The Hall–Kier alpha value is -0.460. The van der Waals surface area contributed by atoms with Crippen LogP contribution >= 0.6 is 46.1 Å². The molecule has 0 unspecified atom stereocenters. The van der Waals surface area contributed by atoms with E-state index in [1.165, 1.54) is 6.07 Å². The molecule has 0 spiro atoms. The summed E-state index contributed by atoms with van der Waals surface area (Å²) < 4.78 is 27.3. The van der Waals surface area contributed by atoms with Gasteiger partial charge in [-0.3, -0.25) is 4.72 Å². The monoisotopic (exact) mass is 355 g/mol. The molecular weight excluding hydrogens is 349 g/mol. The summed E-state index contributed by atoms with van der Waals surface area (Å²) in [6, 6.07) is 8.20. The number of hydrogen-bond acceptors (Lipinski definition) is 3. The highest BCUT2D eigenvalue weighted by atomic mass is 35.5. The zero-order chi connectivity index (χ0) is 14.0. The van der Waals surface area contributed by atoms with Crippen molar-refractivity contribution in [2.24, 2.45) is 0 Å². The Kier molecular flexibility index (Phi) is 4.63. The molecule has 8 heteroatoms. The van der Waals surface area contributed by atoms with Gasteiger partial charge in [0.1, 0.15) is 9.23 Å². The summed E-state index contributed by atoms with van der Waals surface area (Å²) in [4.78, 5) is -0.0338. The summed E-state index contributed by atoms with van der Waals surface area (Å²) in [5.41, 5.74) is 1.11. The van der Waals surface area contributed by atoms with Gasteiger partial charge in [0.05, 0.1) is 10.0 Å². The van der Waals surface area contributed by atoms with Gasteiger partial charge in [0.15, 0.2) is 0 Å². The number of rotatable bonds is 4. The van der Waals surface area contributed by atoms with Gasteiger partial charge in [0, 0.05) is 5.88 Å². The molecule has 0 saturated carbocycles. The number of para-hydroxylation sites is 1. The number of alkyl halides is 1. The predicted octanol–water partition coefficient (Wildman–Crippen LogP) is 4.59. The van der Waals surface area contributed by atoms with Crippen molar-refractivity contribution in [3.05, 3.63) is 44.6 Å². The fourth-order valence-electron chi connectivity index (χ4n) is 1.44. The lowest BCUT2D eigenvalue weighted by atomic mass is 10.2. The van der Waals surface area contributed by atoms with Crippen molar-refractivity contribution in [2.75, 3.05) is 4.72 Å². The lowest BCUT2D eigenvalue weighted by molar-refractivity contribution is 0.601. The maximum Gasteiger partial charge on any atom is 0.264 e. The molecule has 0 atom stereocenters. The van der Waals surface area contributed by atoms with E-state index in [0.717, 1.165) is 11.3 Å². The third-order valence-corrected chi connectivity index (χ3v) is 5.73. The van der Waals surface area contributed by atoms with Crippen LogP contribution in [0.5, 0.6) is 0 Å². The molecule has 0 saturated heterocycles. The van der Waals surface area contributed by atoms with E-state index in [0.29, 0.717) is 15.6 Å². The second kappa shape index (κ2) is 5.89. The third-order valence-electron chi connectivity index (χ3n) is 2.32.